The molecule has 1 saturated heterocycles. The van der Waals surface area contributed by atoms with Crippen molar-refractivity contribution in [3.63, 3.8) is 0 Å². The van der Waals surface area contributed by atoms with Gasteiger partial charge in [-0.15, -0.1) is 0 Å². The van der Waals surface area contributed by atoms with Crippen LogP contribution in [0.3, 0.4) is 0 Å². The fraction of sp³-hybridized carbons (Fsp3) is 0.286. The number of benzene rings is 1. The summed E-state index contributed by atoms with van der Waals surface area (Å²) < 4.78 is 0. The number of rotatable bonds is 2. The molecule has 2 amide bonds. The van der Waals surface area contributed by atoms with Gasteiger partial charge in [-0.3, -0.25) is 19.2 Å². The van der Waals surface area contributed by atoms with Gasteiger partial charge in [0, 0.05) is 0 Å². The molecule has 5 nitrogen and oxygen atoms in total. The van der Waals surface area contributed by atoms with Gasteiger partial charge in [-0.05, 0) is 38.0 Å². The molecule has 0 N–H and O–H groups in total. The van der Waals surface area contributed by atoms with E-state index in [0.29, 0.717) is 5.69 Å². The number of amides is 2. The SMILES string of the molecule is CC(=O)[C@@H]1C(=O)C(=O)N(c2cccc(C)c2C)C1=O. The quantitative estimate of drug-likeness (QED) is 0.450. The zero-order valence-corrected chi connectivity index (χ0v) is 10.9. The van der Waals surface area contributed by atoms with Crippen LogP contribution in [0.15, 0.2) is 18.2 Å². The molecule has 1 aromatic rings. The lowest BCUT2D eigenvalue weighted by Crippen LogP contribution is -2.32. The van der Waals surface area contributed by atoms with Crippen LogP contribution in [0.1, 0.15) is 18.1 Å². The molecule has 1 aromatic carbocycles. The Kier molecular flexibility index (Phi) is 3.06. The number of carbonyl (C=O) groups excluding carboxylic acids is 4. The summed E-state index contributed by atoms with van der Waals surface area (Å²) in [5.74, 6) is -4.71. The molecule has 1 heterocycles. The third kappa shape index (κ3) is 1.87. The van der Waals surface area contributed by atoms with Gasteiger partial charge in [0.05, 0.1) is 5.69 Å². The highest BCUT2D eigenvalue weighted by atomic mass is 16.2. The Labute approximate surface area is 110 Å². The minimum absolute atomic E-state index is 0.368. The molecular weight excluding hydrogens is 246 g/mol. The second-order valence-electron chi connectivity index (χ2n) is 4.61. The lowest BCUT2D eigenvalue weighted by molar-refractivity contribution is -0.139. The molecule has 2 rings (SSSR count). The highest BCUT2D eigenvalue weighted by Gasteiger charge is 2.50. The molecule has 1 aliphatic rings. The summed E-state index contributed by atoms with van der Waals surface area (Å²) >= 11 is 0. The third-order valence-electron chi connectivity index (χ3n) is 3.37. The second-order valence-corrected chi connectivity index (χ2v) is 4.61. The van der Waals surface area contributed by atoms with Crippen LogP contribution >= 0.6 is 0 Å². The number of anilines is 1. The summed E-state index contributed by atoms with van der Waals surface area (Å²) in [6.45, 7) is 4.74. The molecule has 0 radical (unpaired) electrons. The number of nitrogens with zero attached hydrogens (tertiary/aromatic N) is 1. The summed E-state index contributed by atoms with van der Waals surface area (Å²) in [4.78, 5) is 47.8. The van der Waals surface area contributed by atoms with Gasteiger partial charge in [-0.25, -0.2) is 4.90 Å². The van der Waals surface area contributed by atoms with E-state index in [1.165, 1.54) is 0 Å². The minimum atomic E-state index is -1.48. The average molecular weight is 259 g/mol. The van der Waals surface area contributed by atoms with Crippen molar-refractivity contribution in [3.05, 3.63) is 29.3 Å². The molecule has 0 aliphatic carbocycles. The van der Waals surface area contributed by atoms with Gasteiger partial charge in [0.15, 0.2) is 5.92 Å². The maximum atomic E-state index is 12.1. The minimum Gasteiger partial charge on any atom is -0.299 e. The lowest BCUT2D eigenvalue weighted by Gasteiger charge is -2.17. The molecule has 5 heteroatoms. The molecule has 0 bridgehead atoms. The topological polar surface area (TPSA) is 71.5 Å². The Hall–Kier alpha value is -2.30. The summed E-state index contributed by atoms with van der Waals surface area (Å²) in [5, 5.41) is 0. The van der Waals surface area contributed by atoms with Crippen LogP contribution in [-0.4, -0.2) is 23.4 Å². The van der Waals surface area contributed by atoms with Crippen LogP contribution in [0.2, 0.25) is 0 Å². The molecule has 1 fully saturated rings. The van der Waals surface area contributed by atoms with E-state index < -0.39 is 29.3 Å². The van der Waals surface area contributed by atoms with Crippen LogP contribution in [0.5, 0.6) is 0 Å². The molecule has 0 spiro atoms. The maximum absolute atomic E-state index is 12.1. The Bertz CT molecular complexity index is 618. The van der Waals surface area contributed by atoms with Crippen molar-refractivity contribution in [3.8, 4) is 0 Å². The van der Waals surface area contributed by atoms with Crippen molar-refractivity contribution in [2.24, 2.45) is 5.92 Å². The largest absolute Gasteiger partial charge is 0.302 e. The van der Waals surface area contributed by atoms with E-state index in [0.717, 1.165) is 23.0 Å². The van der Waals surface area contributed by atoms with Gasteiger partial charge in [-0.2, -0.15) is 0 Å². The Balaban J connectivity index is 2.55. The van der Waals surface area contributed by atoms with Crippen LogP contribution in [-0.2, 0) is 19.2 Å². The first-order valence-electron chi connectivity index (χ1n) is 5.85. The second kappa shape index (κ2) is 4.42. The molecular formula is C14H13NO4. The van der Waals surface area contributed by atoms with E-state index in [-0.39, 0.29) is 0 Å². The van der Waals surface area contributed by atoms with Gasteiger partial charge in [-0.1, -0.05) is 12.1 Å². The fourth-order valence-electron chi connectivity index (χ4n) is 2.14. The average Bonchev–Trinajstić information content (AvgIpc) is 2.55. The Morgan fingerprint density at radius 1 is 1.16 bits per heavy atom. The maximum Gasteiger partial charge on any atom is 0.302 e. The van der Waals surface area contributed by atoms with Crippen molar-refractivity contribution >= 4 is 29.1 Å². The molecule has 1 aliphatic heterocycles. The molecule has 0 aromatic heterocycles. The van der Waals surface area contributed by atoms with E-state index in [2.05, 4.69) is 0 Å². The van der Waals surface area contributed by atoms with Crippen molar-refractivity contribution in [2.75, 3.05) is 4.90 Å². The number of imide groups is 1. The normalized spacial score (nSPS) is 19.2. The number of ketones is 2. The standard InChI is InChI=1S/C14H13NO4/c1-7-5-4-6-10(8(7)2)15-13(18)11(9(3)16)12(17)14(15)19/h4-6,11H,1-3H3/t11-/m1/s1. The van der Waals surface area contributed by atoms with Crippen molar-refractivity contribution in [1.29, 1.82) is 0 Å². The van der Waals surface area contributed by atoms with Gasteiger partial charge in [0.25, 0.3) is 5.91 Å². The molecule has 1 atom stereocenters. The van der Waals surface area contributed by atoms with Gasteiger partial charge in [0.2, 0.25) is 5.78 Å². The Morgan fingerprint density at radius 3 is 2.32 bits per heavy atom. The smallest absolute Gasteiger partial charge is 0.299 e. The molecule has 19 heavy (non-hydrogen) atoms. The molecule has 98 valence electrons. The summed E-state index contributed by atoms with van der Waals surface area (Å²) in [5.41, 5.74) is 2.00. The van der Waals surface area contributed by atoms with E-state index in [1.807, 2.05) is 13.0 Å². The van der Waals surface area contributed by atoms with Gasteiger partial charge >= 0.3 is 5.91 Å². The van der Waals surface area contributed by atoms with E-state index in [4.69, 9.17) is 0 Å². The third-order valence-corrected chi connectivity index (χ3v) is 3.37. The first kappa shape index (κ1) is 13.1. The highest BCUT2D eigenvalue weighted by Crippen LogP contribution is 2.29. The van der Waals surface area contributed by atoms with E-state index >= 15 is 0 Å². The summed E-state index contributed by atoms with van der Waals surface area (Å²) in [6, 6.07) is 5.13. The summed E-state index contributed by atoms with van der Waals surface area (Å²) in [6.07, 6.45) is 0. The first-order valence-corrected chi connectivity index (χ1v) is 5.85. The van der Waals surface area contributed by atoms with Crippen LogP contribution in [0.4, 0.5) is 5.69 Å². The first-order chi connectivity index (χ1) is 8.86. The number of hydrogen-bond donors (Lipinski definition) is 0. The van der Waals surface area contributed by atoms with Gasteiger partial charge in [0.1, 0.15) is 5.78 Å². The van der Waals surface area contributed by atoms with Crippen LogP contribution in [0, 0.1) is 19.8 Å². The number of hydrogen-bond acceptors (Lipinski definition) is 4. The van der Waals surface area contributed by atoms with Crippen LogP contribution < -0.4 is 4.90 Å². The van der Waals surface area contributed by atoms with Crippen LogP contribution in [0.25, 0.3) is 0 Å². The van der Waals surface area contributed by atoms with Gasteiger partial charge < -0.3 is 0 Å². The van der Waals surface area contributed by atoms with Crippen molar-refractivity contribution in [1.82, 2.24) is 0 Å². The van der Waals surface area contributed by atoms with Crippen molar-refractivity contribution < 1.29 is 19.2 Å². The Morgan fingerprint density at radius 2 is 1.79 bits per heavy atom. The highest BCUT2D eigenvalue weighted by molar-refractivity contribution is 6.59. The zero-order valence-electron chi connectivity index (χ0n) is 10.9. The summed E-state index contributed by atoms with van der Waals surface area (Å²) in [7, 11) is 0. The lowest BCUT2D eigenvalue weighted by atomic mass is 10.0. The van der Waals surface area contributed by atoms with E-state index in [9.17, 15) is 19.2 Å². The predicted octanol–water partition coefficient (Wildman–Crippen LogP) is 0.951. The fourth-order valence-corrected chi connectivity index (χ4v) is 2.14. The van der Waals surface area contributed by atoms with Crippen molar-refractivity contribution in [2.45, 2.75) is 20.8 Å². The zero-order chi connectivity index (χ0) is 14.3. The van der Waals surface area contributed by atoms with E-state index in [1.54, 1.807) is 19.1 Å². The number of aryl methyl sites for hydroxylation is 1. The predicted molar refractivity (Wildman–Crippen MR) is 67.6 cm³/mol. The monoisotopic (exact) mass is 259 g/mol. The molecule has 0 saturated carbocycles. The molecule has 0 unspecified atom stereocenters. The number of carbonyl (C=O) groups is 4. The number of Topliss-reactive ketones (excluding diaryl/α,β-unsaturated/α-hetero) is 2.